The molecule has 2 atom stereocenters. The maximum absolute atomic E-state index is 14.3. The predicted molar refractivity (Wildman–Crippen MR) is 125 cm³/mol. The summed E-state index contributed by atoms with van der Waals surface area (Å²) in [6, 6.07) is 7.85. The number of carbonyl (C=O) groups excluding carboxylic acids is 1. The van der Waals surface area contributed by atoms with Crippen LogP contribution in [0, 0.1) is 17.0 Å². The largest absolute Gasteiger partial charge is 0.462 e. The highest BCUT2D eigenvalue weighted by Crippen LogP contribution is 2.19. The van der Waals surface area contributed by atoms with Gasteiger partial charge >= 0.3 is 5.97 Å². The van der Waals surface area contributed by atoms with E-state index in [0.29, 0.717) is 29.8 Å². The number of aliphatic hydroxyl groups is 1. The quantitative estimate of drug-likeness (QED) is 0.245. The van der Waals surface area contributed by atoms with Crippen molar-refractivity contribution in [1.29, 1.82) is 5.41 Å². The van der Waals surface area contributed by atoms with Crippen LogP contribution in [0.15, 0.2) is 53.4 Å². The second-order valence-corrected chi connectivity index (χ2v) is 8.11. The highest BCUT2D eigenvalue weighted by atomic mass is 19.1. The molecule has 1 saturated heterocycles. The number of rotatable bonds is 10. The molecule has 36 heavy (non-hydrogen) atoms. The van der Waals surface area contributed by atoms with Crippen molar-refractivity contribution in [3.8, 4) is 0 Å². The normalized spacial score (nSPS) is 18.0. The van der Waals surface area contributed by atoms with Gasteiger partial charge in [-0.05, 0) is 12.1 Å². The number of hydrogen-bond acceptors (Lipinski definition) is 10. The van der Waals surface area contributed by atoms with Crippen molar-refractivity contribution < 1.29 is 27.9 Å². The molecular weight excluding hydrogens is 474 g/mol. The third-order valence-corrected chi connectivity index (χ3v) is 5.41. The van der Waals surface area contributed by atoms with Crippen LogP contribution in [0.2, 0.25) is 0 Å². The SMILES string of the molecule is N=C(/C=C(\NCc1ccccc1F)c1ccon1)c1ncc(F)c(NCC[C@@H]2C[C@@H](O)CC(=O)O2)n1. The highest BCUT2D eigenvalue weighted by molar-refractivity contribution is 6.07. The molecule has 4 N–H and O–H groups in total. The molecule has 0 aliphatic carbocycles. The van der Waals surface area contributed by atoms with Crippen molar-refractivity contribution >= 4 is 23.2 Å². The molecule has 4 rings (SSSR count). The number of nitrogens with one attached hydrogen (secondary N) is 3. The van der Waals surface area contributed by atoms with Crippen LogP contribution >= 0.6 is 0 Å². The fourth-order valence-corrected chi connectivity index (χ4v) is 3.62. The van der Waals surface area contributed by atoms with E-state index in [1.807, 2.05) is 0 Å². The molecule has 1 aliphatic heterocycles. The summed E-state index contributed by atoms with van der Waals surface area (Å²) in [4.78, 5) is 19.5. The van der Waals surface area contributed by atoms with Crippen LogP contribution in [0.3, 0.4) is 0 Å². The number of carbonyl (C=O) groups is 1. The zero-order valence-electron chi connectivity index (χ0n) is 19.1. The lowest BCUT2D eigenvalue weighted by atomic mass is 10.0. The standard InChI is InChI=1S/C24H24F2N6O4/c25-17-4-2-1-3-14(17)12-29-21(20-6-8-35-32-20)11-19(27)24-30-13-18(26)23(31-24)28-7-5-16-9-15(33)10-22(34)36-16/h1-4,6,8,11,13,15-16,27,29,33H,5,7,9-10,12H2,(H,28,30,31)/b21-11-,27-19?/t15-,16-/m1/s1. The number of aromatic nitrogens is 3. The number of anilines is 1. The maximum Gasteiger partial charge on any atom is 0.308 e. The van der Waals surface area contributed by atoms with E-state index in [1.165, 1.54) is 18.4 Å². The molecule has 1 fully saturated rings. The molecule has 10 nitrogen and oxygen atoms in total. The second kappa shape index (κ2) is 11.5. The van der Waals surface area contributed by atoms with E-state index < -0.39 is 24.0 Å². The van der Waals surface area contributed by atoms with Gasteiger partial charge in [0.05, 0.1) is 24.4 Å². The number of cyclic esters (lactones) is 1. The Bertz CT molecular complexity index is 1250. The minimum Gasteiger partial charge on any atom is -0.462 e. The minimum atomic E-state index is -0.753. The molecule has 0 bridgehead atoms. The Balaban J connectivity index is 1.44. The van der Waals surface area contributed by atoms with Crippen LogP contribution in [0.1, 0.15) is 36.3 Å². The van der Waals surface area contributed by atoms with E-state index in [9.17, 15) is 18.7 Å². The fraction of sp³-hybridized carbons (Fsp3) is 0.292. The maximum atomic E-state index is 14.3. The van der Waals surface area contributed by atoms with Gasteiger partial charge in [-0.3, -0.25) is 10.2 Å². The lowest BCUT2D eigenvalue weighted by Gasteiger charge is -2.25. The van der Waals surface area contributed by atoms with Gasteiger partial charge in [-0.25, -0.2) is 18.7 Å². The molecule has 2 aromatic heterocycles. The summed E-state index contributed by atoms with van der Waals surface area (Å²) in [6.45, 7) is 0.339. The number of aliphatic hydroxyl groups excluding tert-OH is 1. The lowest BCUT2D eigenvalue weighted by Crippen LogP contribution is -2.33. The molecular formula is C24H24F2N6O4. The first-order valence-electron chi connectivity index (χ1n) is 11.2. The Labute approximate surface area is 204 Å². The van der Waals surface area contributed by atoms with Crippen molar-refractivity contribution in [2.45, 2.75) is 38.0 Å². The first-order valence-corrected chi connectivity index (χ1v) is 11.2. The minimum absolute atomic E-state index is 0.0328. The van der Waals surface area contributed by atoms with E-state index in [2.05, 4.69) is 25.8 Å². The van der Waals surface area contributed by atoms with Gasteiger partial charge in [0, 0.05) is 37.6 Å². The average Bonchev–Trinajstić information content (AvgIpc) is 3.38. The summed E-state index contributed by atoms with van der Waals surface area (Å²) in [6.07, 6.45) is 3.08. The van der Waals surface area contributed by atoms with Crippen molar-refractivity contribution in [3.63, 3.8) is 0 Å². The molecule has 0 spiro atoms. The fourth-order valence-electron chi connectivity index (χ4n) is 3.62. The van der Waals surface area contributed by atoms with E-state index in [4.69, 9.17) is 14.7 Å². The van der Waals surface area contributed by atoms with Crippen LogP contribution < -0.4 is 10.6 Å². The van der Waals surface area contributed by atoms with Crippen molar-refractivity contribution in [3.05, 3.63) is 77.6 Å². The molecule has 3 aromatic rings. The van der Waals surface area contributed by atoms with E-state index in [1.54, 1.807) is 24.3 Å². The Morgan fingerprint density at radius 2 is 2.08 bits per heavy atom. The Morgan fingerprint density at radius 3 is 2.83 bits per heavy atom. The molecule has 0 saturated carbocycles. The average molecular weight is 498 g/mol. The zero-order chi connectivity index (χ0) is 25.5. The second-order valence-electron chi connectivity index (χ2n) is 8.11. The molecule has 3 heterocycles. The summed E-state index contributed by atoms with van der Waals surface area (Å²) in [5.74, 6) is -1.75. The molecule has 12 heteroatoms. The number of nitrogens with zero attached hydrogens (tertiary/aromatic N) is 3. The van der Waals surface area contributed by atoms with Gasteiger partial charge in [0.2, 0.25) is 0 Å². The smallest absolute Gasteiger partial charge is 0.308 e. The van der Waals surface area contributed by atoms with Crippen molar-refractivity contribution in [2.24, 2.45) is 0 Å². The lowest BCUT2D eigenvalue weighted by molar-refractivity contribution is -0.160. The Hall–Kier alpha value is -4.19. The summed E-state index contributed by atoms with van der Waals surface area (Å²) >= 11 is 0. The summed E-state index contributed by atoms with van der Waals surface area (Å²) in [5.41, 5.74) is 0.999. The summed E-state index contributed by atoms with van der Waals surface area (Å²) in [7, 11) is 0. The monoisotopic (exact) mass is 498 g/mol. The molecule has 0 amide bonds. The van der Waals surface area contributed by atoms with Crippen molar-refractivity contribution in [2.75, 3.05) is 11.9 Å². The van der Waals surface area contributed by atoms with E-state index >= 15 is 0 Å². The number of hydrogen-bond donors (Lipinski definition) is 4. The first-order chi connectivity index (χ1) is 17.4. The van der Waals surface area contributed by atoms with Crippen LogP contribution in [-0.2, 0) is 16.1 Å². The van der Waals surface area contributed by atoms with Gasteiger partial charge in [0.15, 0.2) is 17.5 Å². The Kier molecular flexibility index (Phi) is 7.95. The molecule has 1 aromatic carbocycles. The van der Waals surface area contributed by atoms with Gasteiger partial charge in [-0.15, -0.1) is 0 Å². The summed E-state index contributed by atoms with van der Waals surface area (Å²) < 4.78 is 38.4. The van der Waals surface area contributed by atoms with Crippen LogP contribution in [0.4, 0.5) is 14.6 Å². The van der Waals surface area contributed by atoms with Gasteiger partial charge in [0.25, 0.3) is 0 Å². The van der Waals surface area contributed by atoms with Crippen molar-refractivity contribution in [1.82, 2.24) is 20.4 Å². The molecule has 1 aliphatic rings. The molecule has 0 radical (unpaired) electrons. The van der Waals surface area contributed by atoms with Gasteiger partial charge in [-0.1, -0.05) is 23.4 Å². The highest BCUT2D eigenvalue weighted by Gasteiger charge is 2.26. The van der Waals surface area contributed by atoms with Crippen LogP contribution in [0.25, 0.3) is 5.70 Å². The summed E-state index contributed by atoms with van der Waals surface area (Å²) in [5, 5.41) is 27.8. The first kappa shape index (κ1) is 24.9. The van der Waals surface area contributed by atoms with Gasteiger partial charge in [0.1, 0.15) is 29.6 Å². The Morgan fingerprint density at radius 1 is 1.25 bits per heavy atom. The number of halogens is 2. The number of allylic oxidation sites excluding steroid dienone is 1. The van der Waals surface area contributed by atoms with Crippen LogP contribution in [-0.4, -0.2) is 50.7 Å². The van der Waals surface area contributed by atoms with Gasteiger partial charge < -0.3 is 25.0 Å². The number of benzene rings is 1. The number of esters is 1. The molecule has 0 unspecified atom stereocenters. The molecule has 188 valence electrons. The van der Waals surface area contributed by atoms with E-state index in [0.717, 1.165) is 6.20 Å². The van der Waals surface area contributed by atoms with Gasteiger partial charge in [-0.2, -0.15) is 0 Å². The zero-order valence-corrected chi connectivity index (χ0v) is 19.1. The van der Waals surface area contributed by atoms with E-state index in [-0.39, 0.29) is 42.7 Å². The third-order valence-electron chi connectivity index (χ3n) is 5.41. The third kappa shape index (κ3) is 6.48. The predicted octanol–water partition coefficient (Wildman–Crippen LogP) is 2.81. The number of ether oxygens (including phenoxy) is 1. The van der Waals surface area contributed by atoms with Crippen LogP contribution in [0.5, 0.6) is 0 Å². The topological polar surface area (TPSA) is 146 Å².